The molecule has 1 aromatic rings. The van der Waals surface area contributed by atoms with Crippen LogP contribution in [0.3, 0.4) is 0 Å². The summed E-state index contributed by atoms with van der Waals surface area (Å²) < 4.78 is 0. The molecule has 0 aliphatic heterocycles. The number of amides is 1. The number of aryl methyl sites for hydroxylation is 1. The van der Waals surface area contributed by atoms with Crippen molar-refractivity contribution in [1.82, 2.24) is 5.32 Å². The minimum Gasteiger partial charge on any atom is -0.351 e. The zero-order valence-corrected chi connectivity index (χ0v) is 11.8. The number of hydrogen-bond acceptors (Lipinski definition) is 1. The van der Waals surface area contributed by atoms with Crippen molar-refractivity contribution >= 4 is 29.1 Å². The highest BCUT2D eigenvalue weighted by Gasteiger charge is 2.18. The maximum atomic E-state index is 11.9. The van der Waals surface area contributed by atoms with Crippen LogP contribution in [0.5, 0.6) is 0 Å². The Morgan fingerprint density at radius 1 is 1.41 bits per heavy atom. The van der Waals surface area contributed by atoms with Gasteiger partial charge in [-0.25, -0.2) is 0 Å². The van der Waals surface area contributed by atoms with Crippen molar-refractivity contribution in [3.8, 4) is 0 Å². The largest absolute Gasteiger partial charge is 0.351 e. The molecule has 1 N–H and O–H groups in total. The quantitative estimate of drug-likeness (QED) is 0.834. The van der Waals surface area contributed by atoms with E-state index >= 15 is 0 Å². The normalized spacial score (nSPS) is 11.4. The zero-order valence-electron chi connectivity index (χ0n) is 10.3. The number of carbonyl (C=O) groups is 1. The highest BCUT2D eigenvalue weighted by atomic mass is 35.5. The summed E-state index contributed by atoms with van der Waals surface area (Å²) in [4.78, 5) is 11.9. The maximum Gasteiger partial charge on any atom is 0.251 e. The number of carbonyl (C=O) groups excluding carboxylic acids is 1. The lowest BCUT2D eigenvalue weighted by atomic mass is 9.96. The Morgan fingerprint density at radius 2 is 2.06 bits per heavy atom. The smallest absolute Gasteiger partial charge is 0.251 e. The van der Waals surface area contributed by atoms with Crippen LogP contribution in [-0.4, -0.2) is 18.3 Å². The van der Waals surface area contributed by atoms with Gasteiger partial charge in [0.05, 0.1) is 0 Å². The van der Waals surface area contributed by atoms with Gasteiger partial charge in [0.1, 0.15) is 0 Å². The summed E-state index contributed by atoms with van der Waals surface area (Å²) >= 11 is 11.8. The molecule has 94 valence electrons. The van der Waals surface area contributed by atoms with E-state index in [1.165, 1.54) is 0 Å². The van der Waals surface area contributed by atoms with Crippen LogP contribution in [0.25, 0.3) is 0 Å². The Morgan fingerprint density at radius 3 is 2.59 bits per heavy atom. The van der Waals surface area contributed by atoms with Crippen LogP contribution in [0.15, 0.2) is 18.2 Å². The first-order valence-corrected chi connectivity index (χ1v) is 6.37. The van der Waals surface area contributed by atoms with Gasteiger partial charge in [-0.1, -0.05) is 31.5 Å². The SMILES string of the molecule is Cc1ccc(C(=O)NCC(C)(C)CCl)cc1Cl. The fourth-order valence-corrected chi connectivity index (χ4v) is 1.48. The first-order valence-electron chi connectivity index (χ1n) is 5.46. The number of rotatable bonds is 4. The first kappa shape index (κ1) is 14.3. The van der Waals surface area contributed by atoms with Crippen LogP contribution in [0.4, 0.5) is 0 Å². The van der Waals surface area contributed by atoms with Crippen molar-refractivity contribution in [1.29, 1.82) is 0 Å². The van der Waals surface area contributed by atoms with Gasteiger partial charge in [-0.2, -0.15) is 0 Å². The van der Waals surface area contributed by atoms with Gasteiger partial charge in [0.25, 0.3) is 5.91 Å². The van der Waals surface area contributed by atoms with Crippen molar-refractivity contribution in [2.24, 2.45) is 5.41 Å². The number of alkyl halides is 1. The fourth-order valence-electron chi connectivity index (χ4n) is 1.20. The van der Waals surface area contributed by atoms with E-state index in [-0.39, 0.29) is 11.3 Å². The monoisotopic (exact) mass is 273 g/mol. The van der Waals surface area contributed by atoms with Crippen molar-refractivity contribution in [2.75, 3.05) is 12.4 Å². The van der Waals surface area contributed by atoms with Crippen molar-refractivity contribution < 1.29 is 4.79 Å². The van der Waals surface area contributed by atoms with Crippen molar-refractivity contribution in [2.45, 2.75) is 20.8 Å². The maximum absolute atomic E-state index is 11.9. The molecule has 0 saturated heterocycles. The number of hydrogen-bond donors (Lipinski definition) is 1. The Balaban J connectivity index is 2.68. The molecule has 0 aliphatic carbocycles. The minimum absolute atomic E-state index is 0.105. The van der Waals surface area contributed by atoms with E-state index in [1.807, 2.05) is 26.8 Å². The lowest BCUT2D eigenvalue weighted by Crippen LogP contribution is -2.34. The Labute approximate surface area is 112 Å². The predicted molar refractivity (Wildman–Crippen MR) is 73.0 cm³/mol. The van der Waals surface area contributed by atoms with Gasteiger partial charge in [-0.05, 0) is 30.0 Å². The van der Waals surface area contributed by atoms with Crippen molar-refractivity contribution in [3.05, 3.63) is 34.3 Å². The Hall–Kier alpha value is -0.730. The number of benzene rings is 1. The highest BCUT2D eigenvalue weighted by Crippen LogP contribution is 2.18. The molecular formula is C13H17Cl2NO. The van der Waals surface area contributed by atoms with Gasteiger partial charge >= 0.3 is 0 Å². The molecular weight excluding hydrogens is 257 g/mol. The Kier molecular flexibility index (Phi) is 4.84. The first-order chi connectivity index (χ1) is 7.85. The van der Waals surface area contributed by atoms with Gasteiger partial charge in [-0.15, -0.1) is 11.6 Å². The topological polar surface area (TPSA) is 29.1 Å². The molecule has 1 rings (SSSR count). The third kappa shape index (κ3) is 4.21. The average molecular weight is 274 g/mol. The van der Waals surface area contributed by atoms with E-state index in [1.54, 1.807) is 12.1 Å². The summed E-state index contributed by atoms with van der Waals surface area (Å²) in [7, 11) is 0. The third-order valence-electron chi connectivity index (χ3n) is 2.52. The highest BCUT2D eigenvalue weighted by molar-refractivity contribution is 6.31. The molecule has 0 unspecified atom stereocenters. The van der Waals surface area contributed by atoms with Gasteiger partial charge in [-0.3, -0.25) is 4.79 Å². The lowest BCUT2D eigenvalue weighted by Gasteiger charge is -2.21. The second-order valence-corrected chi connectivity index (χ2v) is 5.62. The summed E-state index contributed by atoms with van der Waals surface area (Å²) in [5, 5.41) is 3.46. The third-order valence-corrected chi connectivity index (χ3v) is 3.65. The predicted octanol–water partition coefficient (Wildman–Crippen LogP) is 3.64. The molecule has 0 spiro atoms. The molecule has 0 heterocycles. The minimum atomic E-state index is -0.120. The average Bonchev–Trinajstić information content (AvgIpc) is 2.30. The molecule has 0 bridgehead atoms. The van der Waals surface area contributed by atoms with E-state index in [9.17, 15) is 4.79 Å². The second kappa shape index (κ2) is 5.74. The molecule has 0 saturated carbocycles. The second-order valence-electron chi connectivity index (χ2n) is 4.94. The Bertz CT molecular complexity index is 416. The summed E-state index contributed by atoms with van der Waals surface area (Å²) in [5.74, 6) is 0.382. The molecule has 0 radical (unpaired) electrons. The molecule has 0 aliphatic rings. The van der Waals surface area contributed by atoms with Crippen LogP contribution in [0.1, 0.15) is 29.8 Å². The molecule has 17 heavy (non-hydrogen) atoms. The van der Waals surface area contributed by atoms with Gasteiger partial charge in [0.2, 0.25) is 0 Å². The molecule has 2 nitrogen and oxygen atoms in total. The van der Waals surface area contributed by atoms with E-state index < -0.39 is 0 Å². The summed E-state index contributed by atoms with van der Waals surface area (Å²) in [6, 6.07) is 5.29. The van der Waals surface area contributed by atoms with Crippen molar-refractivity contribution in [3.63, 3.8) is 0 Å². The molecule has 0 fully saturated rings. The van der Waals surface area contributed by atoms with Crippen LogP contribution < -0.4 is 5.32 Å². The summed E-state index contributed by atoms with van der Waals surface area (Å²) in [6.45, 7) is 6.45. The molecule has 4 heteroatoms. The van der Waals surface area contributed by atoms with Gasteiger partial charge < -0.3 is 5.32 Å². The van der Waals surface area contributed by atoms with Gasteiger partial charge in [0.15, 0.2) is 0 Å². The standard InChI is InChI=1S/C13H17Cl2NO/c1-9-4-5-10(6-11(9)15)12(17)16-8-13(2,3)7-14/h4-6H,7-8H2,1-3H3,(H,16,17). The molecule has 1 aromatic carbocycles. The van der Waals surface area contributed by atoms with E-state index in [0.29, 0.717) is 23.0 Å². The van der Waals surface area contributed by atoms with Crippen LogP contribution in [-0.2, 0) is 0 Å². The summed E-state index contributed by atoms with van der Waals surface area (Å²) in [6.07, 6.45) is 0. The summed E-state index contributed by atoms with van der Waals surface area (Å²) in [5.41, 5.74) is 1.43. The fraction of sp³-hybridized carbons (Fsp3) is 0.462. The molecule has 0 atom stereocenters. The van der Waals surface area contributed by atoms with Crippen LogP contribution in [0.2, 0.25) is 5.02 Å². The number of nitrogens with one attached hydrogen (secondary N) is 1. The van der Waals surface area contributed by atoms with Crippen LogP contribution in [0, 0.1) is 12.3 Å². The number of halogens is 2. The van der Waals surface area contributed by atoms with Crippen LogP contribution >= 0.6 is 23.2 Å². The lowest BCUT2D eigenvalue weighted by molar-refractivity contribution is 0.0940. The zero-order chi connectivity index (χ0) is 13.1. The molecule has 0 aromatic heterocycles. The van der Waals surface area contributed by atoms with E-state index in [0.717, 1.165) is 5.56 Å². The molecule has 1 amide bonds. The van der Waals surface area contributed by atoms with E-state index in [2.05, 4.69) is 5.32 Å². The van der Waals surface area contributed by atoms with E-state index in [4.69, 9.17) is 23.2 Å². The van der Waals surface area contributed by atoms with Gasteiger partial charge in [0, 0.05) is 23.0 Å².